The molecular weight excluding hydrogens is 192 g/mol. The number of terminal acetylenes is 1. The second-order valence-corrected chi connectivity index (χ2v) is 4.33. The van der Waals surface area contributed by atoms with E-state index in [1.165, 1.54) is 0 Å². The Bertz CT molecular complexity index is 238. The summed E-state index contributed by atoms with van der Waals surface area (Å²) in [7, 11) is 0. The lowest BCUT2D eigenvalue weighted by Gasteiger charge is -2.18. The van der Waals surface area contributed by atoms with Crippen molar-refractivity contribution in [3.8, 4) is 12.3 Å². The van der Waals surface area contributed by atoms with E-state index in [1.807, 2.05) is 6.92 Å². The first-order valence-corrected chi connectivity index (χ1v) is 5.21. The number of rotatable bonds is 7. The van der Waals surface area contributed by atoms with Gasteiger partial charge in [-0.3, -0.25) is 4.79 Å². The lowest BCUT2D eigenvalue weighted by molar-refractivity contribution is -0.147. The molecule has 0 spiro atoms. The zero-order valence-corrected chi connectivity index (χ0v) is 9.75. The average molecular weight is 212 g/mol. The molecule has 0 aliphatic rings. The van der Waals surface area contributed by atoms with Crippen molar-refractivity contribution in [1.82, 2.24) is 0 Å². The molecular formula is C12H20O3. The number of hydrogen-bond donors (Lipinski definition) is 1. The molecule has 0 aliphatic carbocycles. The molecule has 86 valence electrons. The molecule has 0 aromatic heterocycles. The Hall–Kier alpha value is -1.01. The number of carbonyl (C=O) groups is 1. The molecule has 0 saturated heterocycles. The number of ether oxygens (including phenoxy) is 1. The lowest BCUT2D eigenvalue weighted by atomic mass is 9.87. The van der Waals surface area contributed by atoms with Crippen LogP contribution in [-0.4, -0.2) is 23.8 Å². The van der Waals surface area contributed by atoms with Crippen molar-refractivity contribution >= 4 is 5.97 Å². The Morgan fingerprint density at radius 3 is 2.60 bits per heavy atom. The van der Waals surface area contributed by atoms with E-state index in [9.17, 15) is 4.79 Å². The summed E-state index contributed by atoms with van der Waals surface area (Å²) in [6, 6.07) is 0. The van der Waals surface area contributed by atoms with Gasteiger partial charge in [0.05, 0.1) is 5.41 Å². The maximum Gasteiger partial charge on any atom is 0.309 e. The van der Waals surface area contributed by atoms with Crippen molar-refractivity contribution in [3.63, 3.8) is 0 Å². The molecule has 0 fully saturated rings. The monoisotopic (exact) mass is 212 g/mol. The van der Waals surface area contributed by atoms with Crippen LogP contribution in [0.15, 0.2) is 0 Å². The molecule has 0 amide bonds. The van der Waals surface area contributed by atoms with E-state index in [-0.39, 0.29) is 6.10 Å². The predicted molar refractivity (Wildman–Crippen MR) is 59.5 cm³/mol. The number of unbranched alkanes of at least 4 members (excludes halogenated alkanes) is 1. The van der Waals surface area contributed by atoms with Crippen LogP contribution < -0.4 is 0 Å². The predicted octanol–water partition coefficient (Wildman–Crippen LogP) is 2.31. The maximum absolute atomic E-state index is 10.8. The van der Waals surface area contributed by atoms with Crippen LogP contribution in [-0.2, 0) is 9.53 Å². The quantitative estimate of drug-likeness (QED) is 0.520. The SMILES string of the molecule is C#CC(C)OCCCCC(C)(C)C(=O)O. The molecule has 15 heavy (non-hydrogen) atoms. The van der Waals surface area contributed by atoms with E-state index in [4.69, 9.17) is 16.3 Å². The highest BCUT2D eigenvalue weighted by Crippen LogP contribution is 2.23. The van der Waals surface area contributed by atoms with Crippen LogP contribution in [0.4, 0.5) is 0 Å². The van der Waals surface area contributed by atoms with Crippen LogP contribution in [0.1, 0.15) is 40.0 Å². The van der Waals surface area contributed by atoms with Gasteiger partial charge < -0.3 is 9.84 Å². The van der Waals surface area contributed by atoms with Gasteiger partial charge in [-0.1, -0.05) is 12.3 Å². The van der Waals surface area contributed by atoms with E-state index in [0.717, 1.165) is 12.8 Å². The zero-order valence-electron chi connectivity index (χ0n) is 9.75. The van der Waals surface area contributed by atoms with Gasteiger partial charge in [0.15, 0.2) is 0 Å². The van der Waals surface area contributed by atoms with Crippen LogP contribution in [0, 0.1) is 17.8 Å². The second kappa shape index (κ2) is 6.47. The Balaban J connectivity index is 3.56. The minimum atomic E-state index is -0.750. The van der Waals surface area contributed by atoms with E-state index in [0.29, 0.717) is 13.0 Å². The smallest absolute Gasteiger partial charge is 0.309 e. The molecule has 1 N–H and O–H groups in total. The first-order valence-electron chi connectivity index (χ1n) is 5.21. The summed E-state index contributed by atoms with van der Waals surface area (Å²) in [5.41, 5.74) is -0.641. The fraction of sp³-hybridized carbons (Fsp3) is 0.750. The van der Waals surface area contributed by atoms with Crippen LogP contribution in [0.25, 0.3) is 0 Å². The zero-order chi connectivity index (χ0) is 11.9. The summed E-state index contributed by atoms with van der Waals surface area (Å²) in [6.07, 6.45) is 7.34. The van der Waals surface area contributed by atoms with Crippen molar-refractivity contribution in [2.45, 2.75) is 46.1 Å². The van der Waals surface area contributed by atoms with Crippen molar-refractivity contribution in [2.75, 3.05) is 6.61 Å². The van der Waals surface area contributed by atoms with Gasteiger partial charge in [-0.05, 0) is 33.6 Å². The highest BCUT2D eigenvalue weighted by atomic mass is 16.5. The largest absolute Gasteiger partial charge is 0.481 e. The van der Waals surface area contributed by atoms with E-state index >= 15 is 0 Å². The summed E-state index contributed by atoms with van der Waals surface area (Å²) in [5.74, 6) is 1.72. The van der Waals surface area contributed by atoms with E-state index in [1.54, 1.807) is 13.8 Å². The minimum absolute atomic E-state index is 0.155. The van der Waals surface area contributed by atoms with Crippen LogP contribution in [0.5, 0.6) is 0 Å². The molecule has 1 atom stereocenters. The van der Waals surface area contributed by atoms with Crippen LogP contribution in [0.2, 0.25) is 0 Å². The molecule has 3 heteroatoms. The third-order valence-corrected chi connectivity index (χ3v) is 2.38. The third-order valence-electron chi connectivity index (χ3n) is 2.38. The molecule has 0 saturated carbocycles. The standard InChI is InChI=1S/C12H20O3/c1-5-10(2)15-9-7-6-8-12(3,4)11(13)14/h1,10H,6-9H2,2-4H3,(H,13,14). The summed E-state index contributed by atoms with van der Waals surface area (Å²) in [4.78, 5) is 10.8. The fourth-order valence-electron chi connectivity index (χ4n) is 1.08. The molecule has 1 unspecified atom stereocenters. The maximum atomic E-state index is 10.8. The highest BCUT2D eigenvalue weighted by Gasteiger charge is 2.25. The molecule has 0 radical (unpaired) electrons. The van der Waals surface area contributed by atoms with Gasteiger partial charge in [0, 0.05) is 6.61 Å². The van der Waals surface area contributed by atoms with E-state index in [2.05, 4.69) is 5.92 Å². The fourth-order valence-corrected chi connectivity index (χ4v) is 1.08. The minimum Gasteiger partial charge on any atom is -0.481 e. The van der Waals surface area contributed by atoms with Gasteiger partial charge in [0.2, 0.25) is 0 Å². The normalized spacial score (nSPS) is 13.2. The number of carboxylic acid groups (broad SMARTS) is 1. The van der Waals surface area contributed by atoms with Gasteiger partial charge in [0.25, 0.3) is 0 Å². The van der Waals surface area contributed by atoms with Gasteiger partial charge in [-0.25, -0.2) is 0 Å². The van der Waals surface area contributed by atoms with Crippen molar-refractivity contribution in [2.24, 2.45) is 5.41 Å². The van der Waals surface area contributed by atoms with Gasteiger partial charge in [0.1, 0.15) is 6.10 Å². The number of hydrogen-bond acceptors (Lipinski definition) is 2. The van der Waals surface area contributed by atoms with Crippen molar-refractivity contribution in [3.05, 3.63) is 0 Å². The molecule has 0 bridgehead atoms. The molecule has 0 aromatic rings. The summed E-state index contributed by atoms with van der Waals surface area (Å²) in [5, 5.41) is 8.87. The van der Waals surface area contributed by atoms with Crippen LogP contribution in [0.3, 0.4) is 0 Å². The van der Waals surface area contributed by atoms with Gasteiger partial charge in [-0.15, -0.1) is 6.42 Å². The lowest BCUT2D eigenvalue weighted by Crippen LogP contribution is -2.23. The Labute approximate surface area is 91.8 Å². The van der Waals surface area contributed by atoms with E-state index < -0.39 is 11.4 Å². The summed E-state index contributed by atoms with van der Waals surface area (Å²) in [6.45, 7) is 5.89. The number of carboxylic acids is 1. The Morgan fingerprint density at radius 1 is 1.53 bits per heavy atom. The van der Waals surface area contributed by atoms with Crippen molar-refractivity contribution < 1.29 is 14.6 Å². The molecule has 0 aromatic carbocycles. The third kappa shape index (κ3) is 6.14. The topological polar surface area (TPSA) is 46.5 Å². The van der Waals surface area contributed by atoms with Crippen molar-refractivity contribution in [1.29, 1.82) is 0 Å². The summed E-state index contributed by atoms with van der Waals surface area (Å²) >= 11 is 0. The molecule has 3 nitrogen and oxygen atoms in total. The molecule has 0 aliphatic heterocycles. The first kappa shape index (κ1) is 14.0. The first-order chi connectivity index (χ1) is 6.90. The summed E-state index contributed by atoms with van der Waals surface area (Å²) < 4.78 is 5.28. The highest BCUT2D eigenvalue weighted by molar-refractivity contribution is 5.73. The van der Waals surface area contributed by atoms with Gasteiger partial charge >= 0.3 is 5.97 Å². The Morgan fingerprint density at radius 2 is 2.13 bits per heavy atom. The van der Waals surface area contributed by atoms with Crippen LogP contribution >= 0.6 is 0 Å². The second-order valence-electron chi connectivity index (χ2n) is 4.33. The average Bonchev–Trinajstić information content (AvgIpc) is 2.16. The molecule has 0 heterocycles. The number of aliphatic carboxylic acids is 1. The Kier molecular flexibility index (Phi) is 6.03. The molecule has 0 rings (SSSR count). The van der Waals surface area contributed by atoms with Gasteiger partial charge in [-0.2, -0.15) is 0 Å².